The van der Waals surface area contributed by atoms with Gasteiger partial charge in [0.05, 0.1) is 0 Å². The summed E-state index contributed by atoms with van der Waals surface area (Å²) in [6, 6.07) is 23.7. The van der Waals surface area contributed by atoms with E-state index in [4.69, 9.17) is 0 Å². The van der Waals surface area contributed by atoms with Crippen LogP contribution in [0, 0.1) is 0 Å². The van der Waals surface area contributed by atoms with Crippen LogP contribution in [0.4, 0.5) is 5.69 Å². The third kappa shape index (κ3) is 2.45. The Kier molecular flexibility index (Phi) is 3.20. The van der Waals surface area contributed by atoms with Crippen LogP contribution in [0.5, 0.6) is 0 Å². The minimum Gasteiger partial charge on any atom is -0.388 e. The van der Waals surface area contributed by atoms with E-state index in [0.29, 0.717) is 0 Å². The van der Waals surface area contributed by atoms with Crippen LogP contribution in [0.25, 0.3) is 10.8 Å². The second-order valence-corrected chi connectivity index (χ2v) is 4.77. The lowest BCUT2D eigenvalue weighted by atomic mass is 9.98. The first-order valence-corrected chi connectivity index (χ1v) is 6.60. The van der Waals surface area contributed by atoms with Crippen molar-refractivity contribution in [2.75, 3.05) is 12.4 Å². The van der Waals surface area contributed by atoms with E-state index in [0.717, 1.165) is 12.1 Å². The third-order valence-corrected chi connectivity index (χ3v) is 3.49. The van der Waals surface area contributed by atoms with Gasteiger partial charge in [-0.1, -0.05) is 54.6 Å². The standard InChI is InChI=1S/C18H17N/c1-19-17-10-4-6-14(13-17)12-16-9-5-8-15-7-2-3-11-18(15)16/h2-11,13,19H,12H2,1H3. The summed E-state index contributed by atoms with van der Waals surface area (Å²) in [6.07, 6.45) is 0.969. The predicted molar refractivity (Wildman–Crippen MR) is 82.7 cm³/mol. The van der Waals surface area contributed by atoms with Gasteiger partial charge in [0.1, 0.15) is 0 Å². The molecular formula is C18H17N. The predicted octanol–water partition coefficient (Wildman–Crippen LogP) is 4.47. The normalized spacial score (nSPS) is 10.6. The van der Waals surface area contributed by atoms with E-state index in [-0.39, 0.29) is 0 Å². The zero-order valence-electron chi connectivity index (χ0n) is 11.1. The Morgan fingerprint density at radius 1 is 0.842 bits per heavy atom. The van der Waals surface area contributed by atoms with E-state index < -0.39 is 0 Å². The molecule has 0 bridgehead atoms. The van der Waals surface area contributed by atoms with Gasteiger partial charge < -0.3 is 5.32 Å². The Hall–Kier alpha value is -2.28. The maximum atomic E-state index is 3.19. The average molecular weight is 247 g/mol. The lowest BCUT2D eigenvalue weighted by Gasteiger charge is -2.08. The lowest BCUT2D eigenvalue weighted by molar-refractivity contribution is 1.21. The average Bonchev–Trinajstić information content (AvgIpc) is 2.48. The molecule has 0 fully saturated rings. The molecule has 0 spiro atoms. The molecule has 94 valence electrons. The highest BCUT2D eigenvalue weighted by Crippen LogP contribution is 2.22. The summed E-state index contributed by atoms with van der Waals surface area (Å²) in [5.41, 5.74) is 3.88. The number of nitrogens with one attached hydrogen (secondary N) is 1. The molecule has 0 atom stereocenters. The number of rotatable bonds is 3. The SMILES string of the molecule is CNc1cccc(Cc2cccc3ccccc23)c1. The maximum absolute atomic E-state index is 3.19. The van der Waals surface area contributed by atoms with E-state index in [1.165, 1.54) is 21.9 Å². The van der Waals surface area contributed by atoms with Crippen LogP contribution in [0.3, 0.4) is 0 Å². The van der Waals surface area contributed by atoms with Crippen LogP contribution in [0.2, 0.25) is 0 Å². The summed E-state index contributed by atoms with van der Waals surface area (Å²) in [5, 5.41) is 5.85. The molecule has 0 aliphatic rings. The number of fused-ring (bicyclic) bond motifs is 1. The largest absolute Gasteiger partial charge is 0.388 e. The molecule has 0 amide bonds. The fourth-order valence-corrected chi connectivity index (χ4v) is 2.50. The molecule has 19 heavy (non-hydrogen) atoms. The molecule has 1 heteroatoms. The first-order valence-electron chi connectivity index (χ1n) is 6.60. The first-order chi connectivity index (χ1) is 9.36. The zero-order valence-corrected chi connectivity index (χ0v) is 11.1. The van der Waals surface area contributed by atoms with Gasteiger partial charge in [-0.2, -0.15) is 0 Å². The number of anilines is 1. The van der Waals surface area contributed by atoms with Crippen LogP contribution < -0.4 is 5.32 Å². The van der Waals surface area contributed by atoms with Gasteiger partial charge in [-0.3, -0.25) is 0 Å². The summed E-state index contributed by atoms with van der Waals surface area (Å²) in [4.78, 5) is 0. The second kappa shape index (κ2) is 5.15. The molecule has 0 aromatic heterocycles. The van der Waals surface area contributed by atoms with Crippen molar-refractivity contribution < 1.29 is 0 Å². The van der Waals surface area contributed by atoms with E-state index in [2.05, 4.69) is 72.0 Å². The molecule has 3 aromatic carbocycles. The molecular weight excluding hydrogens is 230 g/mol. The van der Waals surface area contributed by atoms with Crippen LogP contribution >= 0.6 is 0 Å². The van der Waals surface area contributed by atoms with Crippen molar-refractivity contribution in [1.29, 1.82) is 0 Å². The van der Waals surface area contributed by atoms with Crippen molar-refractivity contribution >= 4 is 16.5 Å². The maximum Gasteiger partial charge on any atom is 0.0340 e. The Bertz CT molecular complexity index is 695. The van der Waals surface area contributed by atoms with Gasteiger partial charge in [0, 0.05) is 12.7 Å². The quantitative estimate of drug-likeness (QED) is 0.720. The number of hydrogen-bond donors (Lipinski definition) is 1. The van der Waals surface area contributed by atoms with Gasteiger partial charge in [0.15, 0.2) is 0 Å². The summed E-state index contributed by atoms with van der Waals surface area (Å²) in [5.74, 6) is 0. The van der Waals surface area contributed by atoms with Gasteiger partial charge in [0.25, 0.3) is 0 Å². The molecule has 0 heterocycles. The molecule has 0 aliphatic heterocycles. The Morgan fingerprint density at radius 2 is 1.63 bits per heavy atom. The van der Waals surface area contributed by atoms with Crippen LogP contribution in [0.1, 0.15) is 11.1 Å². The van der Waals surface area contributed by atoms with Crippen molar-refractivity contribution in [3.8, 4) is 0 Å². The molecule has 3 rings (SSSR count). The highest BCUT2D eigenvalue weighted by molar-refractivity contribution is 5.85. The molecule has 1 N–H and O–H groups in total. The van der Waals surface area contributed by atoms with Crippen molar-refractivity contribution in [1.82, 2.24) is 0 Å². The van der Waals surface area contributed by atoms with Crippen molar-refractivity contribution in [3.05, 3.63) is 77.9 Å². The van der Waals surface area contributed by atoms with Gasteiger partial charge in [-0.05, 0) is 40.5 Å². The molecule has 1 nitrogen and oxygen atoms in total. The monoisotopic (exact) mass is 247 g/mol. The van der Waals surface area contributed by atoms with Crippen LogP contribution in [-0.4, -0.2) is 7.05 Å². The molecule has 3 aromatic rings. The summed E-state index contributed by atoms with van der Waals surface area (Å²) in [6.45, 7) is 0. The molecule has 0 saturated carbocycles. The van der Waals surface area contributed by atoms with Crippen molar-refractivity contribution in [3.63, 3.8) is 0 Å². The Labute approximate surface area is 113 Å². The lowest BCUT2D eigenvalue weighted by Crippen LogP contribution is -1.92. The Morgan fingerprint density at radius 3 is 2.53 bits per heavy atom. The van der Waals surface area contributed by atoms with E-state index in [1.807, 2.05) is 7.05 Å². The summed E-state index contributed by atoms with van der Waals surface area (Å²) < 4.78 is 0. The van der Waals surface area contributed by atoms with Gasteiger partial charge in [0.2, 0.25) is 0 Å². The minimum absolute atomic E-state index is 0.969. The minimum atomic E-state index is 0.969. The van der Waals surface area contributed by atoms with Crippen molar-refractivity contribution in [2.45, 2.75) is 6.42 Å². The van der Waals surface area contributed by atoms with Gasteiger partial charge in [-0.15, -0.1) is 0 Å². The van der Waals surface area contributed by atoms with Gasteiger partial charge in [-0.25, -0.2) is 0 Å². The van der Waals surface area contributed by atoms with E-state index in [9.17, 15) is 0 Å². The fourth-order valence-electron chi connectivity index (χ4n) is 2.50. The second-order valence-electron chi connectivity index (χ2n) is 4.77. The Balaban J connectivity index is 2.01. The number of benzene rings is 3. The molecule has 0 saturated heterocycles. The third-order valence-electron chi connectivity index (χ3n) is 3.49. The summed E-state index contributed by atoms with van der Waals surface area (Å²) in [7, 11) is 1.96. The van der Waals surface area contributed by atoms with E-state index in [1.54, 1.807) is 0 Å². The summed E-state index contributed by atoms with van der Waals surface area (Å²) >= 11 is 0. The highest BCUT2D eigenvalue weighted by Gasteiger charge is 2.02. The number of hydrogen-bond acceptors (Lipinski definition) is 1. The smallest absolute Gasteiger partial charge is 0.0340 e. The molecule has 0 radical (unpaired) electrons. The first kappa shape index (κ1) is 11.8. The van der Waals surface area contributed by atoms with E-state index >= 15 is 0 Å². The molecule has 0 unspecified atom stereocenters. The van der Waals surface area contributed by atoms with Gasteiger partial charge >= 0.3 is 0 Å². The topological polar surface area (TPSA) is 12.0 Å². The van der Waals surface area contributed by atoms with Crippen molar-refractivity contribution in [2.24, 2.45) is 0 Å². The highest BCUT2D eigenvalue weighted by atomic mass is 14.8. The fraction of sp³-hybridized carbons (Fsp3) is 0.111. The van der Waals surface area contributed by atoms with Crippen LogP contribution in [0.15, 0.2) is 66.7 Å². The molecule has 0 aliphatic carbocycles. The zero-order chi connectivity index (χ0) is 13.1. The van der Waals surface area contributed by atoms with Crippen LogP contribution in [-0.2, 0) is 6.42 Å².